The maximum atomic E-state index is 9.97. The molecule has 1 unspecified atom stereocenters. The fourth-order valence-electron chi connectivity index (χ4n) is 0.447. The van der Waals surface area contributed by atoms with Crippen molar-refractivity contribution in [2.75, 3.05) is 19.1 Å². The molecular formula is C6H11ClO4. The Morgan fingerprint density at radius 2 is 2.27 bits per heavy atom. The number of carboxylic acids is 1. The molecule has 0 bridgehead atoms. The number of halogens is 1. The highest BCUT2D eigenvalue weighted by atomic mass is 35.5. The van der Waals surface area contributed by atoms with Gasteiger partial charge in [-0.25, -0.2) is 4.79 Å². The summed E-state index contributed by atoms with van der Waals surface area (Å²) in [6.07, 6.45) is -0.509. The van der Waals surface area contributed by atoms with Gasteiger partial charge in [-0.2, -0.15) is 0 Å². The van der Waals surface area contributed by atoms with Crippen LogP contribution in [0.2, 0.25) is 0 Å². The first-order valence-electron chi connectivity index (χ1n) is 3.17. The molecule has 0 saturated heterocycles. The quantitative estimate of drug-likeness (QED) is 0.485. The first-order valence-corrected chi connectivity index (χ1v) is 3.71. The lowest BCUT2D eigenvalue weighted by Crippen LogP contribution is -2.18. The highest BCUT2D eigenvalue weighted by Gasteiger charge is 2.03. The number of hydrogen-bond acceptors (Lipinski definition) is 3. The maximum absolute atomic E-state index is 9.97. The monoisotopic (exact) mass is 182 g/mol. The van der Waals surface area contributed by atoms with Gasteiger partial charge in [0.05, 0.1) is 6.61 Å². The van der Waals surface area contributed by atoms with Crippen molar-refractivity contribution < 1.29 is 19.4 Å². The molecule has 0 spiro atoms. The average molecular weight is 183 g/mol. The van der Waals surface area contributed by atoms with Crippen molar-refractivity contribution in [1.29, 1.82) is 0 Å². The molecule has 0 aliphatic carbocycles. The Labute approximate surface area is 70.1 Å². The second-order valence-electron chi connectivity index (χ2n) is 1.83. The fourth-order valence-corrected chi connectivity index (χ4v) is 0.536. The van der Waals surface area contributed by atoms with E-state index >= 15 is 0 Å². The Morgan fingerprint density at radius 1 is 1.64 bits per heavy atom. The number of carbonyl (C=O) groups is 1. The first-order chi connectivity index (χ1) is 5.16. The minimum absolute atomic E-state index is 0.344. The van der Waals surface area contributed by atoms with Gasteiger partial charge in [-0.05, 0) is 6.92 Å². The van der Waals surface area contributed by atoms with E-state index in [1.807, 2.05) is 0 Å². The van der Waals surface area contributed by atoms with Crippen LogP contribution in [0, 0.1) is 0 Å². The molecule has 5 heteroatoms. The van der Waals surface area contributed by atoms with E-state index in [2.05, 4.69) is 0 Å². The SMILES string of the molecule is CC(OCCCl)OCC(=O)O. The normalized spacial score (nSPS) is 12.9. The summed E-state index contributed by atoms with van der Waals surface area (Å²) in [6.45, 7) is 1.64. The van der Waals surface area contributed by atoms with Gasteiger partial charge in [0.1, 0.15) is 6.61 Å². The third kappa shape index (κ3) is 7.58. The van der Waals surface area contributed by atoms with Gasteiger partial charge in [0.15, 0.2) is 6.29 Å². The van der Waals surface area contributed by atoms with Gasteiger partial charge >= 0.3 is 5.97 Å². The third-order valence-corrected chi connectivity index (χ3v) is 1.03. The van der Waals surface area contributed by atoms with Gasteiger partial charge in [-0.3, -0.25) is 0 Å². The van der Waals surface area contributed by atoms with E-state index in [1.54, 1.807) is 6.92 Å². The van der Waals surface area contributed by atoms with Crippen LogP contribution in [-0.2, 0) is 14.3 Å². The van der Waals surface area contributed by atoms with Crippen LogP contribution in [0.1, 0.15) is 6.92 Å². The number of carboxylic acid groups (broad SMARTS) is 1. The molecule has 0 heterocycles. The van der Waals surface area contributed by atoms with Crippen molar-refractivity contribution in [3.05, 3.63) is 0 Å². The molecule has 0 saturated carbocycles. The molecule has 4 nitrogen and oxygen atoms in total. The van der Waals surface area contributed by atoms with E-state index in [0.29, 0.717) is 12.5 Å². The van der Waals surface area contributed by atoms with Crippen molar-refractivity contribution in [3.63, 3.8) is 0 Å². The van der Waals surface area contributed by atoms with Gasteiger partial charge < -0.3 is 14.6 Å². The predicted octanol–water partition coefficient (Wildman–Crippen LogP) is 0.689. The van der Waals surface area contributed by atoms with Crippen molar-refractivity contribution in [2.24, 2.45) is 0 Å². The number of hydrogen-bond donors (Lipinski definition) is 1. The van der Waals surface area contributed by atoms with Crippen LogP contribution >= 0.6 is 11.6 Å². The lowest BCUT2D eigenvalue weighted by atomic mass is 10.7. The van der Waals surface area contributed by atoms with E-state index in [4.69, 9.17) is 26.2 Å². The highest BCUT2D eigenvalue weighted by molar-refractivity contribution is 6.17. The Balaban J connectivity index is 3.22. The summed E-state index contributed by atoms with van der Waals surface area (Å²) in [5, 5.41) is 8.18. The van der Waals surface area contributed by atoms with Crippen molar-refractivity contribution in [3.8, 4) is 0 Å². The third-order valence-electron chi connectivity index (χ3n) is 0.871. The molecule has 0 aromatic heterocycles. The van der Waals surface area contributed by atoms with Gasteiger partial charge in [-0.1, -0.05) is 0 Å². The fraction of sp³-hybridized carbons (Fsp3) is 0.833. The summed E-state index contributed by atoms with van der Waals surface area (Å²) in [7, 11) is 0. The highest BCUT2D eigenvalue weighted by Crippen LogP contribution is 1.93. The van der Waals surface area contributed by atoms with E-state index in [0.717, 1.165) is 0 Å². The van der Waals surface area contributed by atoms with Crippen LogP contribution in [0.4, 0.5) is 0 Å². The van der Waals surface area contributed by atoms with Crippen LogP contribution in [0.5, 0.6) is 0 Å². The summed E-state index contributed by atoms with van der Waals surface area (Å²) < 4.78 is 9.65. The lowest BCUT2D eigenvalue weighted by Gasteiger charge is -2.10. The van der Waals surface area contributed by atoms with Crippen LogP contribution in [-0.4, -0.2) is 36.5 Å². The van der Waals surface area contributed by atoms with Crippen molar-refractivity contribution in [1.82, 2.24) is 0 Å². The van der Waals surface area contributed by atoms with Gasteiger partial charge in [0.2, 0.25) is 0 Å². The summed E-state index contributed by atoms with van der Waals surface area (Å²) in [4.78, 5) is 9.97. The standard InChI is InChI=1S/C6H11ClO4/c1-5(10-3-2-7)11-4-6(8)9/h5H,2-4H2,1H3,(H,8,9). The van der Waals surface area contributed by atoms with E-state index < -0.39 is 12.3 Å². The van der Waals surface area contributed by atoms with Gasteiger partial charge in [0.25, 0.3) is 0 Å². The molecule has 1 atom stereocenters. The molecule has 0 aromatic carbocycles. The van der Waals surface area contributed by atoms with Crippen LogP contribution in [0.25, 0.3) is 0 Å². The largest absolute Gasteiger partial charge is 0.480 e. The van der Waals surface area contributed by atoms with Gasteiger partial charge in [-0.15, -0.1) is 11.6 Å². The second-order valence-corrected chi connectivity index (χ2v) is 2.21. The zero-order chi connectivity index (χ0) is 8.69. The summed E-state index contributed by atoms with van der Waals surface area (Å²) in [5.41, 5.74) is 0. The molecule has 0 rings (SSSR count). The molecule has 0 fully saturated rings. The summed E-state index contributed by atoms with van der Waals surface area (Å²) in [6, 6.07) is 0. The summed E-state index contributed by atoms with van der Waals surface area (Å²) >= 11 is 5.31. The second kappa shape index (κ2) is 6.39. The van der Waals surface area contributed by atoms with Crippen molar-refractivity contribution in [2.45, 2.75) is 13.2 Å². The van der Waals surface area contributed by atoms with Crippen LogP contribution < -0.4 is 0 Å². The number of aliphatic carboxylic acids is 1. The Kier molecular flexibility index (Phi) is 6.21. The van der Waals surface area contributed by atoms with E-state index in [1.165, 1.54) is 0 Å². The molecule has 0 radical (unpaired) electrons. The molecule has 11 heavy (non-hydrogen) atoms. The zero-order valence-electron chi connectivity index (χ0n) is 6.25. The predicted molar refractivity (Wildman–Crippen MR) is 39.7 cm³/mol. The van der Waals surface area contributed by atoms with Gasteiger partial charge in [0, 0.05) is 5.88 Å². The minimum atomic E-state index is -1.01. The van der Waals surface area contributed by atoms with E-state index in [-0.39, 0.29) is 6.61 Å². The van der Waals surface area contributed by atoms with Crippen molar-refractivity contribution >= 4 is 17.6 Å². The topological polar surface area (TPSA) is 55.8 Å². The Hall–Kier alpha value is -0.320. The molecule has 0 aliphatic heterocycles. The number of ether oxygens (including phenoxy) is 2. The zero-order valence-corrected chi connectivity index (χ0v) is 7.00. The Bertz CT molecular complexity index is 117. The molecule has 0 aromatic rings. The first kappa shape index (κ1) is 10.7. The van der Waals surface area contributed by atoms with Crippen LogP contribution in [0.15, 0.2) is 0 Å². The molecular weight excluding hydrogens is 172 g/mol. The number of rotatable bonds is 6. The minimum Gasteiger partial charge on any atom is -0.480 e. The van der Waals surface area contributed by atoms with E-state index in [9.17, 15) is 4.79 Å². The average Bonchev–Trinajstić information content (AvgIpc) is 1.97. The maximum Gasteiger partial charge on any atom is 0.329 e. The molecule has 1 N–H and O–H groups in total. The Morgan fingerprint density at radius 3 is 2.73 bits per heavy atom. The number of alkyl halides is 1. The van der Waals surface area contributed by atoms with Crippen LogP contribution in [0.3, 0.4) is 0 Å². The molecule has 0 aliphatic rings. The molecule has 66 valence electrons. The smallest absolute Gasteiger partial charge is 0.329 e. The lowest BCUT2D eigenvalue weighted by molar-refractivity contribution is -0.162. The summed E-state index contributed by atoms with van der Waals surface area (Å²) in [5.74, 6) is -0.632. The molecule has 0 amide bonds.